The van der Waals surface area contributed by atoms with E-state index in [1.165, 1.54) is 16.8 Å². The third-order valence-corrected chi connectivity index (χ3v) is 4.95. The lowest BCUT2D eigenvalue weighted by Gasteiger charge is -2.04. The Labute approximate surface area is 128 Å². The zero-order chi connectivity index (χ0) is 15.7. The average molecular weight is 314 g/mol. The molecule has 0 saturated heterocycles. The summed E-state index contributed by atoms with van der Waals surface area (Å²) in [4.78, 5) is 0.143. The SMILES string of the molecule is Cc1ccc(S(=O)(=O)c2nnn(-c3ccccc3)c2N)cc1. The first-order valence-electron chi connectivity index (χ1n) is 6.58. The summed E-state index contributed by atoms with van der Waals surface area (Å²) in [6, 6.07) is 15.5. The van der Waals surface area contributed by atoms with Crippen LogP contribution < -0.4 is 5.73 Å². The number of nitrogens with zero attached hydrogens (tertiary/aromatic N) is 3. The largest absolute Gasteiger partial charge is 0.381 e. The van der Waals surface area contributed by atoms with Crippen molar-refractivity contribution in [3.8, 4) is 5.69 Å². The summed E-state index contributed by atoms with van der Waals surface area (Å²) < 4.78 is 26.5. The Morgan fingerprint density at radius 1 is 1.00 bits per heavy atom. The summed E-state index contributed by atoms with van der Waals surface area (Å²) in [6.45, 7) is 1.89. The molecule has 0 atom stereocenters. The second kappa shape index (κ2) is 5.27. The van der Waals surface area contributed by atoms with E-state index >= 15 is 0 Å². The normalized spacial score (nSPS) is 11.5. The number of aromatic nitrogens is 3. The quantitative estimate of drug-likeness (QED) is 0.798. The van der Waals surface area contributed by atoms with Crippen LogP contribution >= 0.6 is 0 Å². The van der Waals surface area contributed by atoms with Crippen molar-refractivity contribution in [3.63, 3.8) is 0 Å². The number of nitrogen functional groups attached to an aromatic ring is 1. The molecule has 7 heteroatoms. The maximum atomic E-state index is 12.6. The van der Waals surface area contributed by atoms with E-state index in [-0.39, 0.29) is 15.7 Å². The van der Waals surface area contributed by atoms with Crippen molar-refractivity contribution in [2.45, 2.75) is 16.8 Å². The van der Waals surface area contributed by atoms with Gasteiger partial charge in [-0.1, -0.05) is 41.1 Å². The summed E-state index contributed by atoms with van der Waals surface area (Å²) >= 11 is 0. The van der Waals surface area contributed by atoms with Crippen LogP contribution in [0, 0.1) is 6.92 Å². The van der Waals surface area contributed by atoms with E-state index in [2.05, 4.69) is 10.3 Å². The first-order chi connectivity index (χ1) is 10.5. The number of rotatable bonds is 3. The third kappa shape index (κ3) is 2.35. The highest BCUT2D eigenvalue weighted by molar-refractivity contribution is 7.91. The van der Waals surface area contributed by atoms with Gasteiger partial charge in [-0.15, -0.1) is 5.10 Å². The fourth-order valence-electron chi connectivity index (χ4n) is 2.06. The monoisotopic (exact) mass is 314 g/mol. The molecule has 0 fully saturated rings. The van der Waals surface area contributed by atoms with Crippen molar-refractivity contribution in [1.29, 1.82) is 0 Å². The van der Waals surface area contributed by atoms with Crippen molar-refractivity contribution >= 4 is 15.7 Å². The molecule has 0 aliphatic rings. The summed E-state index contributed by atoms with van der Waals surface area (Å²) in [6.07, 6.45) is 0. The highest BCUT2D eigenvalue weighted by atomic mass is 32.2. The molecular weight excluding hydrogens is 300 g/mol. The number of anilines is 1. The molecule has 0 aliphatic carbocycles. The number of hydrogen-bond donors (Lipinski definition) is 1. The van der Waals surface area contributed by atoms with Gasteiger partial charge in [-0.2, -0.15) is 4.68 Å². The van der Waals surface area contributed by atoms with Crippen molar-refractivity contribution in [1.82, 2.24) is 15.0 Å². The van der Waals surface area contributed by atoms with E-state index in [4.69, 9.17) is 5.73 Å². The van der Waals surface area contributed by atoms with Crippen molar-refractivity contribution in [3.05, 3.63) is 60.2 Å². The summed E-state index contributed by atoms with van der Waals surface area (Å²) in [5.41, 5.74) is 7.57. The first-order valence-corrected chi connectivity index (χ1v) is 8.07. The highest BCUT2D eigenvalue weighted by Crippen LogP contribution is 2.25. The van der Waals surface area contributed by atoms with Gasteiger partial charge < -0.3 is 5.73 Å². The fraction of sp³-hybridized carbons (Fsp3) is 0.0667. The number of aryl methyl sites for hydroxylation is 1. The van der Waals surface area contributed by atoms with Crippen LogP contribution in [-0.2, 0) is 9.84 Å². The topological polar surface area (TPSA) is 90.9 Å². The molecule has 0 saturated carbocycles. The van der Waals surface area contributed by atoms with E-state index in [0.717, 1.165) is 5.56 Å². The minimum atomic E-state index is -3.79. The number of benzene rings is 2. The van der Waals surface area contributed by atoms with Crippen LogP contribution in [-0.4, -0.2) is 23.4 Å². The predicted molar refractivity (Wildman–Crippen MR) is 82.4 cm³/mol. The van der Waals surface area contributed by atoms with Crippen molar-refractivity contribution in [2.24, 2.45) is 0 Å². The molecule has 0 amide bonds. The number of sulfone groups is 1. The Morgan fingerprint density at radius 3 is 2.27 bits per heavy atom. The van der Waals surface area contributed by atoms with Crippen LogP contribution in [0.1, 0.15) is 5.56 Å². The highest BCUT2D eigenvalue weighted by Gasteiger charge is 2.26. The van der Waals surface area contributed by atoms with E-state index in [9.17, 15) is 8.42 Å². The Bertz CT molecular complexity index is 900. The summed E-state index contributed by atoms with van der Waals surface area (Å²) in [5, 5.41) is 7.38. The van der Waals surface area contributed by atoms with Crippen LogP contribution in [0.25, 0.3) is 5.69 Å². The van der Waals surface area contributed by atoms with Crippen LogP contribution in [0.2, 0.25) is 0 Å². The molecule has 112 valence electrons. The second-order valence-corrected chi connectivity index (χ2v) is 6.71. The lowest BCUT2D eigenvalue weighted by molar-refractivity contribution is 0.592. The Kier molecular flexibility index (Phi) is 3.42. The Hall–Kier alpha value is -2.67. The molecule has 22 heavy (non-hydrogen) atoms. The van der Waals surface area contributed by atoms with Gasteiger partial charge in [-0.25, -0.2) is 8.42 Å². The molecule has 2 aromatic carbocycles. The molecule has 3 rings (SSSR count). The number of nitrogens with two attached hydrogens (primary N) is 1. The number of hydrogen-bond acceptors (Lipinski definition) is 5. The minimum absolute atomic E-state index is 0.00762. The average Bonchev–Trinajstić information content (AvgIpc) is 2.91. The molecule has 3 aromatic rings. The smallest absolute Gasteiger partial charge is 0.229 e. The van der Waals surface area contributed by atoms with Crippen LogP contribution in [0.4, 0.5) is 5.82 Å². The van der Waals surface area contributed by atoms with Gasteiger partial charge >= 0.3 is 0 Å². The van der Waals surface area contributed by atoms with Gasteiger partial charge in [0.25, 0.3) is 0 Å². The zero-order valence-corrected chi connectivity index (χ0v) is 12.7. The molecule has 2 N–H and O–H groups in total. The van der Waals surface area contributed by atoms with Gasteiger partial charge in [-0.3, -0.25) is 0 Å². The fourth-order valence-corrected chi connectivity index (χ4v) is 3.28. The molecule has 1 aromatic heterocycles. The lowest BCUT2D eigenvalue weighted by atomic mass is 10.2. The molecule has 6 nitrogen and oxygen atoms in total. The van der Waals surface area contributed by atoms with Crippen molar-refractivity contribution in [2.75, 3.05) is 5.73 Å². The maximum absolute atomic E-state index is 12.6. The molecule has 0 bridgehead atoms. The van der Waals surface area contributed by atoms with Gasteiger partial charge in [0.1, 0.15) is 0 Å². The van der Waals surface area contributed by atoms with Gasteiger partial charge in [0.05, 0.1) is 10.6 Å². The van der Waals surface area contributed by atoms with Crippen LogP contribution in [0.5, 0.6) is 0 Å². The van der Waals surface area contributed by atoms with E-state index < -0.39 is 9.84 Å². The molecule has 0 spiro atoms. The minimum Gasteiger partial charge on any atom is -0.381 e. The summed E-state index contributed by atoms with van der Waals surface area (Å²) in [5.74, 6) is -0.00762. The van der Waals surface area contributed by atoms with E-state index in [0.29, 0.717) is 5.69 Å². The number of para-hydroxylation sites is 1. The van der Waals surface area contributed by atoms with E-state index in [1.54, 1.807) is 24.3 Å². The van der Waals surface area contributed by atoms with Gasteiger partial charge in [0, 0.05) is 0 Å². The maximum Gasteiger partial charge on any atom is 0.229 e. The lowest BCUT2D eigenvalue weighted by Crippen LogP contribution is -2.07. The standard InChI is InChI=1S/C15H14N4O2S/c1-11-7-9-13(10-8-11)22(20,21)15-14(16)19(18-17-15)12-5-3-2-4-6-12/h2-10H,16H2,1H3. The van der Waals surface area contributed by atoms with Crippen LogP contribution in [0.15, 0.2) is 64.5 Å². The first kappa shape index (κ1) is 14.3. The van der Waals surface area contributed by atoms with Gasteiger partial charge in [-0.05, 0) is 31.2 Å². The van der Waals surface area contributed by atoms with Gasteiger partial charge in [0.15, 0.2) is 5.82 Å². The molecule has 1 heterocycles. The van der Waals surface area contributed by atoms with Gasteiger partial charge in [0.2, 0.25) is 14.9 Å². The molecular formula is C15H14N4O2S. The predicted octanol–water partition coefficient (Wildman–Crippen LogP) is 1.99. The van der Waals surface area contributed by atoms with E-state index in [1.807, 2.05) is 25.1 Å². The Morgan fingerprint density at radius 2 is 1.64 bits per heavy atom. The van der Waals surface area contributed by atoms with Crippen LogP contribution in [0.3, 0.4) is 0 Å². The molecule has 0 radical (unpaired) electrons. The zero-order valence-electron chi connectivity index (χ0n) is 11.8. The Balaban J connectivity index is 2.10. The van der Waals surface area contributed by atoms with Crippen molar-refractivity contribution < 1.29 is 8.42 Å². The molecule has 0 aliphatic heterocycles. The third-order valence-electron chi connectivity index (χ3n) is 3.26. The second-order valence-electron chi connectivity index (χ2n) is 4.84. The summed E-state index contributed by atoms with van der Waals surface area (Å²) in [7, 11) is -3.79. The molecule has 0 unspecified atom stereocenters.